The van der Waals surface area contributed by atoms with Crippen molar-refractivity contribution in [2.75, 3.05) is 12.8 Å². The number of rotatable bonds is 2. The van der Waals surface area contributed by atoms with E-state index < -0.39 is 0 Å². The van der Waals surface area contributed by atoms with E-state index in [-0.39, 0.29) is 12.1 Å². The first-order valence-corrected chi connectivity index (χ1v) is 6.45. The van der Waals surface area contributed by atoms with Crippen LogP contribution < -0.4 is 5.73 Å². The Bertz CT molecular complexity index is 508. The number of thiophene rings is 1. The molecule has 0 bridgehead atoms. The van der Waals surface area contributed by atoms with Crippen LogP contribution in [0.25, 0.3) is 0 Å². The van der Waals surface area contributed by atoms with Gasteiger partial charge in [-0.05, 0) is 24.3 Å². The average Bonchev–Trinajstić information content (AvgIpc) is 2.95. The van der Waals surface area contributed by atoms with Gasteiger partial charge in [0.1, 0.15) is 6.10 Å². The first-order valence-electron chi connectivity index (χ1n) is 5.57. The number of nitrogen functional groups attached to an aromatic ring is 1. The quantitative estimate of drug-likeness (QED) is 0.885. The summed E-state index contributed by atoms with van der Waals surface area (Å²) in [5.74, 6) is 1.17. The average molecular weight is 250 g/mol. The van der Waals surface area contributed by atoms with E-state index in [0.29, 0.717) is 5.95 Å². The van der Waals surface area contributed by atoms with Gasteiger partial charge in [-0.15, -0.1) is 16.4 Å². The summed E-state index contributed by atoms with van der Waals surface area (Å²) in [5.41, 5.74) is 5.70. The van der Waals surface area contributed by atoms with Crippen molar-refractivity contribution < 1.29 is 4.74 Å². The minimum atomic E-state index is 0.0102. The van der Waals surface area contributed by atoms with E-state index in [0.717, 1.165) is 18.7 Å². The molecule has 0 saturated carbocycles. The minimum Gasteiger partial charge on any atom is -0.373 e. The van der Waals surface area contributed by atoms with Crippen molar-refractivity contribution in [3.8, 4) is 0 Å². The summed E-state index contributed by atoms with van der Waals surface area (Å²) in [6.45, 7) is 0. The van der Waals surface area contributed by atoms with Gasteiger partial charge in [0, 0.05) is 12.0 Å². The molecule has 2 atom stereocenters. The van der Waals surface area contributed by atoms with Gasteiger partial charge in [0.15, 0.2) is 5.82 Å². The van der Waals surface area contributed by atoms with Gasteiger partial charge in [0.05, 0.1) is 6.04 Å². The van der Waals surface area contributed by atoms with Gasteiger partial charge in [-0.25, -0.2) is 4.68 Å². The second kappa shape index (κ2) is 4.12. The molecule has 0 saturated heterocycles. The number of methoxy groups -OCH3 is 1. The van der Waals surface area contributed by atoms with Gasteiger partial charge in [-0.2, -0.15) is 4.98 Å². The van der Waals surface area contributed by atoms with Crippen LogP contribution in [0.5, 0.6) is 0 Å². The molecule has 0 fully saturated rings. The fourth-order valence-corrected chi connectivity index (χ4v) is 3.18. The summed E-state index contributed by atoms with van der Waals surface area (Å²) >= 11 is 1.74. The highest BCUT2D eigenvalue weighted by atomic mass is 32.1. The molecule has 0 spiro atoms. The van der Waals surface area contributed by atoms with Crippen molar-refractivity contribution in [1.29, 1.82) is 0 Å². The number of anilines is 1. The lowest BCUT2D eigenvalue weighted by atomic mass is 10.0. The molecular formula is C11H14N4OS. The number of fused-ring (bicyclic) bond motifs is 1. The maximum absolute atomic E-state index is 5.70. The highest BCUT2D eigenvalue weighted by Gasteiger charge is 2.31. The summed E-state index contributed by atoms with van der Waals surface area (Å²) < 4.78 is 7.34. The van der Waals surface area contributed by atoms with Crippen molar-refractivity contribution >= 4 is 17.3 Å². The molecule has 2 unspecified atom stereocenters. The van der Waals surface area contributed by atoms with Crippen LogP contribution in [0.15, 0.2) is 17.5 Å². The Labute approximate surface area is 103 Å². The van der Waals surface area contributed by atoms with Gasteiger partial charge in [-0.3, -0.25) is 0 Å². The zero-order valence-electron chi connectivity index (χ0n) is 9.54. The fraction of sp³-hybridized carbons (Fsp3) is 0.455. The third kappa shape index (κ3) is 1.73. The van der Waals surface area contributed by atoms with Crippen LogP contribution in [0.4, 0.5) is 5.95 Å². The molecule has 3 rings (SSSR count). The summed E-state index contributed by atoms with van der Waals surface area (Å²) in [5, 5.41) is 6.38. The van der Waals surface area contributed by atoms with Gasteiger partial charge in [0.2, 0.25) is 5.95 Å². The first kappa shape index (κ1) is 10.7. The predicted octanol–water partition coefficient (Wildman–Crippen LogP) is 1.99. The summed E-state index contributed by atoms with van der Waals surface area (Å²) in [4.78, 5) is 5.57. The summed E-state index contributed by atoms with van der Waals surface area (Å²) in [6.07, 6.45) is 1.97. The molecule has 2 aromatic heterocycles. The van der Waals surface area contributed by atoms with Crippen LogP contribution in [-0.4, -0.2) is 21.9 Å². The van der Waals surface area contributed by atoms with Crippen molar-refractivity contribution in [2.24, 2.45) is 0 Å². The van der Waals surface area contributed by atoms with E-state index >= 15 is 0 Å². The lowest BCUT2D eigenvalue weighted by Gasteiger charge is -2.27. The van der Waals surface area contributed by atoms with Crippen molar-refractivity contribution in [3.05, 3.63) is 28.2 Å². The van der Waals surface area contributed by atoms with Gasteiger partial charge >= 0.3 is 0 Å². The van der Waals surface area contributed by atoms with Crippen LogP contribution in [0.2, 0.25) is 0 Å². The Morgan fingerprint density at radius 3 is 3.12 bits per heavy atom. The Kier molecular flexibility index (Phi) is 2.60. The SMILES string of the molecule is COC1CCC(c2cccs2)n2nc(N)nc21. The van der Waals surface area contributed by atoms with E-state index in [4.69, 9.17) is 10.5 Å². The molecule has 17 heavy (non-hydrogen) atoms. The highest BCUT2D eigenvalue weighted by Crippen LogP contribution is 2.37. The van der Waals surface area contributed by atoms with E-state index in [1.54, 1.807) is 18.4 Å². The van der Waals surface area contributed by atoms with E-state index in [1.165, 1.54) is 4.88 Å². The van der Waals surface area contributed by atoms with Gasteiger partial charge in [-0.1, -0.05) is 6.07 Å². The van der Waals surface area contributed by atoms with Gasteiger partial charge < -0.3 is 10.5 Å². The van der Waals surface area contributed by atoms with Crippen LogP contribution in [-0.2, 0) is 4.74 Å². The Morgan fingerprint density at radius 1 is 1.53 bits per heavy atom. The highest BCUT2D eigenvalue weighted by molar-refractivity contribution is 7.10. The molecule has 0 amide bonds. The van der Waals surface area contributed by atoms with Crippen LogP contribution in [0.3, 0.4) is 0 Å². The van der Waals surface area contributed by atoms with Crippen LogP contribution in [0.1, 0.15) is 35.7 Å². The van der Waals surface area contributed by atoms with Crippen LogP contribution >= 0.6 is 11.3 Å². The van der Waals surface area contributed by atoms with Crippen molar-refractivity contribution in [3.63, 3.8) is 0 Å². The number of nitrogens with two attached hydrogens (primary N) is 1. The van der Waals surface area contributed by atoms with E-state index in [2.05, 4.69) is 27.6 Å². The van der Waals surface area contributed by atoms with Gasteiger partial charge in [0.25, 0.3) is 0 Å². The largest absolute Gasteiger partial charge is 0.373 e. The monoisotopic (exact) mass is 250 g/mol. The molecule has 5 nitrogen and oxygen atoms in total. The Hall–Kier alpha value is -1.40. The molecule has 0 aromatic carbocycles. The molecule has 0 radical (unpaired) electrons. The normalized spacial score (nSPS) is 23.6. The summed E-state index contributed by atoms with van der Waals surface area (Å²) in [7, 11) is 1.70. The Balaban J connectivity index is 2.04. The third-order valence-electron chi connectivity index (χ3n) is 3.12. The second-order valence-electron chi connectivity index (χ2n) is 4.11. The van der Waals surface area contributed by atoms with E-state index in [9.17, 15) is 0 Å². The number of nitrogens with zero attached hydrogens (tertiary/aromatic N) is 3. The van der Waals surface area contributed by atoms with Crippen LogP contribution in [0, 0.1) is 0 Å². The summed E-state index contributed by atoms with van der Waals surface area (Å²) in [6, 6.07) is 4.44. The minimum absolute atomic E-state index is 0.0102. The third-order valence-corrected chi connectivity index (χ3v) is 4.09. The second-order valence-corrected chi connectivity index (χ2v) is 5.08. The lowest BCUT2D eigenvalue weighted by molar-refractivity contribution is 0.0652. The fourth-order valence-electron chi connectivity index (χ4n) is 2.33. The molecular weight excluding hydrogens is 236 g/mol. The topological polar surface area (TPSA) is 66.0 Å². The standard InChI is InChI=1S/C11H14N4OS/c1-16-8-5-4-7(9-3-2-6-17-9)15-10(8)13-11(12)14-15/h2-3,6-8H,4-5H2,1H3,(H2,12,14). The number of aromatic nitrogens is 3. The smallest absolute Gasteiger partial charge is 0.239 e. The molecule has 0 aliphatic carbocycles. The zero-order chi connectivity index (χ0) is 11.8. The predicted molar refractivity (Wildman–Crippen MR) is 65.9 cm³/mol. The lowest BCUT2D eigenvalue weighted by Crippen LogP contribution is -2.23. The number of hydrogen-bond acceptors (Lipinski definition) is 5. The maximum atomic E-state index is 5.70. The molecule has 1 aliphatic rings. The molecule has 6 heteroatoms. The molecule has 90 valence electrons. The van der Waals surface area contributed by atoms with Crippen molar-refractivity contribution in [1.82, 2.24) is 14.8 Å². The Morgan fingerprint density at radius 2 is 2.41 bits per heavy atom. The number of ether oxygens (including phenoxy) is 1. The number of hydrogen-bond donors (Lipinski definition) is 1. The molecule has 2 N–H and O–H groups in total. The molecule has 2 aromatic rings. The first-order chi connectivity index (χ1) is 8.29. The zero-order valence-corrected chi connectivity index (χ0v) is 10.4. The van der Waals surface area contributed by atoms with E-state index in [1.807, 2.05) is 4.68 Å². The maximum Gasteiger partial charge on any atom is 0.239 e. The van der Waals surface area contributed by atoms with Crippen molar-refractivity contribution in [2.45, 2.75) is 25.0 Å². The molecule has 3 heterocycles. The molecule has 1 aliphatic heterocycles.